The van der Waals surface area contributed by atoms with Crippen LogP contribution in [0.1, 0.15) is 36.8 Å². The van der Waals surface area contributed by atoms with Crippen molar-refractivity contribution in [1.29, 1.82) is 0 Å². The van der Waals surface area contributed by atoms with Gasteiger partial charge in [0.05, 0.1) is 12.0 Å². The van der Waals surface area contributed by atoms with Gasteiger partial charge in [0.2, 0.25) is 11.8 Å². The summed E-state index contributed by atoms with van der Waals surface area (Å²) < 4.78 is 0. The van der Waals surface area contributed by atoms with E-state index in [1.165, 1.54) is 5.56 Å². The number of carbonyl (C=O) groups excluding carboxylic acids is 2. The van der Waals surface area contributed by atoms with Crippen molar-refractivity contribution in [2.45, 2.75) is 39.5 Å². The number of anilines is 1. The first-order chi connectivity index (χ1) is 10.5. The maximum atomic E-state index is 12.7. The van der Waals surface area contributed by atoms with Crippen molar-refractivity contribution in [2.24, 2.45) is 11.1 Å². The van der Waals surface area contributed by atoms with Crippen molar-refractivity contribution in [3.8, 4) is 0 Å². The fourth-order valence-corrected chi connectivity index (χ4v) is 2.96. The van der Waals surface area contributed by atoms with Crippen molar-refractivity contribution in [2.75, 3.05) is 18.4 Å². The van der Waals surface area contributed by atoms with Gasteiger partial charge in [-0.1, -0.05) is 18.9 Å². The number of aryl methyl sites for hydroxylation is 2. The van der Waals surface area contributed by atoms with Crippen LogP contribution in [0.15, 0.2) is 18.2 Å². The van der Waals surface area contributed by atoms with Crippen LogP contribution < -0.4 is 16.4 Å². The van der Waals surface area contributed by atoms with Crippen LogP contribution >= 0.6 is 0 Å². The van der Waals surface area contributed by atoms with E-state index >= 15 is 0 Å². The second-order valence-electron chi connectivity index (χ2n) is 6.22. The summed E-state index contributed by atoms with van der Waals surface area (Å²) in [6.07, 6.45) is 3.63. The molecule has 5 heteroatoms. The summed E-state index contributed by atoms with van der Waals surface area (Å²) >= 11 is 0. The zero-order valence-corrected chi connectivity index (χ0v) is 13.4. The summed E-state index contributed by atoms with van der Waals surface area (Å²) in [4.78, 5) is 24.1. The molecule has 0 radical (unpaired) electrons. The predicted octanol–water partition coefficient (Wildman–Crippen LogP) is 1.88. The number of nitrogens with one attached hydrogen (secondary N) is 2. The van der Waals surface area contributed by atoms with Gasteiger partial charge in [-0.15, -0.1) is 0 Å². The zero-order chi connectivity index (χ0) is 16.2. The van der Waals surface area contributed by atoms with E-state index in [0.717, 1.165) is 36.9 Å². The molecule has 2 rings (SSSR count). The maximum Gasteiger partial charge on any atom is 0.233 e. The van der Waals surface area contributed by atoms with Gasteiger partial charge in [0, 0.05) is 12.2 Å². The molecule has 120 valence electrons. The fraction of sp³-hybridized carbons (Fsp3) is 0.529. The molecular weight excluding hydrogens is 278 g/mol. The molecule has 0 atom stereocenters. The minimum Gasteiger partial charge on any atom is -0.354 e. The molecule has 0 spiro atoms. The summed E-state index contributed by atoms with van der Waals surface area (Å²) in [7, 11) is 0. The Hall–Kier alpha value is -1.88. The minimum atomic E-state index is -0.510. The second kappa shape index (κ2) is 6.92. The summed E-state index contributed by atoms with van der Waals surface area (Å²) in [6.45, 7) is 4.38. The number of benzene rings is 1. The van der Waals surface area contributed by atoms with Gasteiger partial charge < -0.3 is 16.4 Å². The first kappa shape index (κ1) is 16.5. The van der Waals surface area contributed by atoms with E-state index in [2.05, 4.69) is 10.6 Å². The molecule has 1 aliphatic rings. The maximum absolute atomic E-state index is 12.7. The Morgan fingerprint density at radius 1 is 1.18 bits per heavy atom. The van der Waals surface area contributed by atoms with Crippen LogP contribution in [0.4, 0.5) is 5.69 Å². The van der Waals surface area contributed by atoms with Crippen LogP contribution in [0.25, 0.3) is 0 Å². The monoisotopic (exact) mass is 303 g/mol. The Kier molecular flexibility index (Phi) is 5.19. The van der Waals surface area contributed by atoms with E-state index in [1.807, 2.05) is 32.0 Å². The summed E-state index contributed by atoms with van der Waals surface area (Å²) in [5, 5.41) is 5.79. The molecule has 4 N–H and O–H groups in total. The molecule has 22 heavy (non-hydrogen) atoms. The molecule has 0 aromatic heterocycles. The standard InChI is InChI=1S/C17H25N3O2/c1-12-5-6-14(9-13(12)2)20-16(22)17(7-3-4-8-17)11-19-15(21)10-18/h5-6,9H,3-4,7-8,10-11,18H2,1-2H3,(H,19,21)(H,20,22). The molecule has 1 aromatic rings. The smallest absolute Gasteiger partial charge is 0.233 e. The lowest BCUT2D eigenvalue weighted by Crippen LogP contribution is -2.45. The van der Waals surface area contributed by atoms with Crippen LogP contribution in [0, 0.1) is 19.3 Å². The van der Waals surface area contributed by atoms with E-state index in [9.17, 15) is 9.59 Å². The van der Waals surface area contributed by atoms with Gasteiger partial charge in [0.25, 0.3) is 0 Å². The Balaban J connectivity index is 2.09. The molecule has 1 saturated carbocycles. The van der Waals surface area contributed by atoms with Crippen LogP contribution in [0.5, 0.6) is 0 Å². The van der Waals surface area contributed by atoms with Crippen molar-refractivity contribution in [3.05, 3.63) is 29.3 Å². The van der Waals surface area contributed by atoms with Gasteiger partial charge in [-0.3, -0.25) is 9.59 Å². The molecule has 0 heterocycles. The minimum absolute atomic E-state index is 0.00873. The molecule has 0 bridgehead atoms. The van der Waals surface area contributed by atoms with Crippen LogP contribution in [-0.4, -0.2) is 24.9 Å². The zero-order valence-electron chi connectivity index (χ0n) is 13.4. The Bertz CT molecular complexity index is 563. The molecule has 1 aromatic carbocycles. The van der Waals surface area contributed by atoms with Crippen LogP contribution in [-0.2, 0) is 9.59 Å². The van der Waals surface area contributed by atoms with Gasteiger partial charge in [0.1, 0.15) is 0 Å². The lowest BCUT2D eigenvalue weighted by Gasteiger charge is -2.28. The normalized spacial score (nSPS) is 16.3. The van der Waals surface area contributed by atoms with Crippen molar-refractivity contribution in [3.63, 3.8) is 0 Å². The average molecular weight is 303 g/mol. The first-order valence-electron chi connectivity index (χ1n) is 7.82. The van der Waals surface area contributed by atoms with Crippen molar-refractivity contribution in [1.82, 2.24) is 5.32 Å². The van der Waals surface area contributed by atoms with Gasteiger partial charge in [-0.05, 0) is 49.9 Å². The lowest BCUT2D eigenvalue weighted by atomic mass is 9.84. The van der Waals surface area contributed by atoms with Gasteiger partial charge >= 0.3 is 0 Å². The SMILES string of the molecule is Cc1ccc(NC(=O)C2(CNC(=O)CN)CCCC2)cc1C. The molecule has 2 amide bonds. The molecule has 1 aliphatic carbocycles. The highest BCUT2D eigenvalue weighted by Crippen LogP contribution is 2.38. The molecule has 1 fully saturated rings. The Morgan fingerprint density at radius 2 is 1.86 bits per heavy atom. The second-order valence-corrected chi connectivity index (χ2v) is 6.22. The van der Waals surface area contributed by atoms with E-state index in [4.69, 9.17) is 5.73 Å². The van der Waals surface area contributed by atoms with Gasteiger partial charge in [0.15, 0.2) is 0 Å². The van der Waals surface area contributed by atoms with Crippen molar-refractivity contribution < 1.29 is 9.59 Å². The van der Waals surface area contributed by atoms with E-state index in [0.29, 0.717) is 6.54 Å². The summed E-state index contributed by atoms with van der Waals surface area (Å²) in [5.74, 6) is -0.226. The largest absolute Gasteiger partial charge is 0.354 e. The molecule has 5 nitrogen and oxygen atoms in total. The van der Waals surface area contributed by atoms with Gasteiger partial charge in [-0.25, -0.2) is 0 Å². The number of rotatable bonds is 5. The highest BCUT2D eigenvalue weighted by Gasteiger charge is 2.41. The Morgan fingerprint density at radius 3 is 2.45 bits per heavy atom. The number of nitrogens with two attached hydrogens (primary N) is 1. The molecular formula is C17H25N3O2. The van der Waals surface area contributed by atoms with Crippen LogP contribution in [0.2, 0.25) is 0 Å². The lowest BCUT2D eigenvalue weighted by molar-refractivity contribution is -0.126. The first-order valence-corrected chi connectivity index (χ1v) is 7.82. The number of hydrogen-bond acceptors (Lipinski definition) is 3. The third-order valence-corrected chi connectivity index (χ3v) is 4.62. The number of amides is 2. The highest BCUT2D eigenvalue weighted by atomic mass is 16.2. The molecule has 0 aliphatic heterocycles. The topological polar surface area (TPSA) is 84.2 Å². The van der Waals surface area contributed by atoms with Crippen molar-refractivity contribution >= 4 is 17.5 Å². The quantitative estimate of drug-likeness (QED) is 0.776. The predicted molar refractivity (Wildman–Crippen MR) is 87.5 cm³/mol. The van der Waals surface area contributed by atoms with Crippen LogP contribution in [0.3, 0.4) is 0 Å². The number of carbonyl (C=O) groups is 2. The third-order valence-electron chi connectivity index (χ3n) is 4.62. The molecule has 0 unspecified atom stereocenters. The fourth-order valence-electron chi connectivity index (χ4n) is 2.96. The van der Waals surface area contributed by atoms with E-state index in [-0.39, 0.29) is 18.4 Å². The molecule has 0 saturated heterocycles. The van der Waals surface area contributed by atoms with E-state index < -0.39 is 5.41 Å². The number of hydrogen-bond donors (Lipinski definition) is 3. The summed E-state index contributed by atoms with van der Waals surface area (Å²) in [6, 6.07) is 5.90. The van der Waals surface area contributed by atoms with Gasteiger partial charge in [-0.2, -0.15) is 0 Å². The summed E-state index contributed by atoms with van der Waals surface area (Å²) in [5.41, 5.74) is 7.96. The third kappa shape index (κ3) is 3.65. The average Bonchev–Trinajstić information content (AvgIpc) is 2.98. The Labute approximate surface area is 131 Å². The van der Waals surface area contributed by atoms with E-state index in [1.54, 1.807) is 0 Å². The highest BCUT2D eigenvalue weighted by molar-refractivity contribution is 5.96.